The number of nitrogens with one attached hydrogen (secondary N) is 1. The molecule has 26 heavy (non-hydrogen) atoms. The van der Waals surface area contributed by atoms with Crippen LogP contribution < -0.4 is 0 Å². The monoisotopic (exact) mass is 359 g/mol. The number of benzene rings is 1. The average molecular weight is 359 g/mol. The molecule has 1 saturated heterocycles. The number of nitrogens with zero attached hydrogens (tertiary/aromatic N) is 2. The fourth-order valence-electron chi connectivity index (χ4n) is 3.55. The van der Waals surface area contributed by atoms with E-state index in [2.05, 4.69) is 48.0 Å². The van der Waals surface area contributed by atoms with E-state index in [0.29, 0.717) is 6.61 Å². The Balaban J connectivity index is 1.62. The zero-order valence-electron chi connectivity index (χ0n) is 16.1. The van der Waals surface area contributed by atoms with Gasteiger partial charge < -0.3 is 19.4 Å². The molecule has 1 N–H and O–H groups in total. The number of morpholine rings is 1. The van der Waals surface area contributed by atoms with Gasteiger partial charge in [0.1, 0.15) is 6.61 Å². The molecule has 0 bridgehead atoms. The van der Waals surface area contributed by atoms with Crippen LogP contribution in [0.4, 0.5) is 0 Å². The van der Waals surface area contributed by atoms with Crippen molar-refractivity contribution in [1.82, 2.24) is 14.8 Å². The fraction of sp³-hybridized carbons (Fsp3) is 0.550. The van der Waals surface area contributed by atoms with Crippen LogP contribution in [0, 0.1) is 0 Å². The van der Waals surface area contributed by atoms with Crippen LogP contribution in [0.3, 0.4) is 0 Å². The van der Waals surface area contributed by atoms with E-state index in [9.17, 15) is 4.79 Å². The maximum absolute atomic E-state index is 11.7. The highest BCUT2D eigenvalue weighted by Crippen LogP contribution is 2.25. The van der Waals surface area contributed by atoms with Gasteiger partial charge in [-0.1, -0.05) is 18.2 Å². The zero-order chi connectivity index (χ0) is 18.7. The molecule has 3 rings (SSSR count). The van der Waals surface area contributed by atoms with Crippen LogP contribution in [-0.2, 0) is 20.8 Å². The van der Waals surface area contributed by atoms with Crippen LogP contribution in [0.1, 0.15) is 19.4 Å². The topological polar surface area (TPSA) is 57.8 Å². The first-order valence-electron chi connectivity index (χ1n) is 9.07. The molecule has 142 valence electrons. The highest BCUT2D eigenvalue weighted by Gasteiger charge is 2.33. The lowest BCUT2D eigenvalue weighted by Gasteiger charge is -2.42. The third-order valence-corrected chi connectivity index (χ3v) is 4.65. The predicted octanol–water partition coefficient (Wildman–Crippen LogP) is 2.25. The van der Waals surface area contributed by atoms with Crippen molar-refractivity contribution in [2.75, 3.05) is 40.4 Å². The van der Waals surface area contributed by atoms with Crippen LogP contribution in [0.15, 0.2) is 30.5 Å². The summed E-state index contributed by atoms with van der Waals surface area (Å²) in [4.78, 5) is 18.9. The Morgan fingerprint density at radius 2 is 2.19 bits per heavy atom. The van der Waals surface area contributed by atoms with E-state index in [1.165, 1.54) is 21.4 Å². The zero-order valence-corrected chi connectivity index (χ0v) is 16.1. The molecule has 1 atom stereocenters. The van der Waals surface area contributed by atoms with E-state index in [-0.39, 0.29) is 24.2 Å². The summed E-state index contributed by atoms with van der Waals surface area (Å²) in [5.41, 5.74) is 2.23. The Morgan fingerprint density at radius 1 is 1.38 bits per heavy atom. The number of fused-ring (bicyclic) bond motifs is 1. The van der Waals surface area contributed by atoms with Crippen molar-refractivity contribution in [3.8, 4) is 0 Å². The van der Waals surface area contributed by atoms with Crippen LogP contribution >= 0.6 is 0 Å². The molecule has 0 radical (unpaired) electrons. The molecular weight excluding hydrogens is 330 g/mol. The Hall–Kier alpha value is -1.89. The number of rotatable bonds is 6. The van der Waals surface area contributed by atoms with Crippen molar-refractivity contribution in [2.45, 2.75) is 32.1 Å². The van der Waals surface area contributed by atoms with Crippen molar-refractivity contribution in [3.05, 3.63) is 36.0 Å². The van der Waals surface area contributed by atoms with Gasteiger partial charge >= 0.3 is 0 Å². The standard InChI is InChI=1S/C20H29N3O3/c1-20(2)14-23(10-16-7-5-6-15-8-9-21-19(15)16)11-17(26-20)12-25-13-18(24)22(3)4/h5-9,17,21H,10-14H2,1-4H3/t17-/m1/s1. The Labute approximate surface area is 155 Å². The maximum Gasteiger partial charge on any atom is 0.248 e. The Bertz CT molecular complexity index is 754. The van der Waals surface area contributed by atoms with Crippen LogP contribution in [0.25, 0.3) is 10.9 Å². The molecule has 1 aromatic carbocycles. The molecule has 0 unspecified atom stereocenters. The van der Waals surface area contributed by atoms with Gasteiger partial charge in [0.05, 0.1) is 18.3 Å². The summed E-state index contributed by atoms with van der Waals surface area (Å²) in [6.07, 6.45) is 1.94. The van der Waals surface area contributed by atoms with Crippen molar-refractivity contribution < 1.29 is 14.3 Å². The Kier molecular flexibility index (Phi) is 5.65. The van der Waals surface area contributed by atoms with E-state index in [1.807, 2.05) is 6.20 Å². The molecule has 1 aliphatic rings. The minimum Gasteiger partial charge on any atom is -0.369 e. The van der Waals surface area contributed by atoms with E-state index in [0.717, 1.165) is 19.6 Å². The van der Waals surface area contributed by atoms with E-state index in [1.54, 1.807) is 14.1 Å². The number of likely N-dealkylation sites (N-methyl/N-ethyl adjacent to an activating group) is 1. The second kappa shape index (κ2) is 7.78. The van der Waals surface area contributed by atoms with Gasteiger partial charge in [-0.25, -0.2) is 0 Å². The molecular formula is C20H29N3O3. The summed E-state index contributed by atoms with van der Waals surface area (Å²) >= 11 is 0. The molecule has 0 aliphatic carbocycles. The predicted molar refractivity (Wildman–Crippen MR) is 102 cm³/mol. The highest BCUT2D eigenvalue weighted by atomic mass is 16.5. The molecule has 6 heteroatoms. The molecule has 1 aromatic heterocycles. The first-order valence-corrected chi connectivity index (χ1v) is 9.07. The van der Waals surface area contributed by atoms with Crippen LogP contribution in [0.5, 0.6) is 0 Å². The number of amides is 1. The normalized spacial score (nSPS) is 20.4. The van der Waals surface area contributed by atoms with Crippen molar-refractivity contribution >= 4 is 16.8 Å². The lowest BCUT2D eigenvalue weighted by atomic mass is 10.0. The van der Waals surface area contributed by atoms with Gasteiger partial charge in [-0.2, -0.15) is 0 Å². The number of H-pyrrole nitrogens is 1. The number of para-hydroxylation sites is 1. The summed E-state index contributed by atoms with van der Waals surface area (Å²) in [6.45, 7) is 7.23. The number of hydrogen-bond donors (Lipinski definition) is 1. The minimum absolute atomic E-state index is 0.0321. The molecule has 1 fully saturated rings. The highest BCUT2D eigenvalue weighted by molar-refractivity contribution is 5.82. The molecule has 1 amide bonds. The molecule has 2 aromatic rings. The summed E-state index contributed by atoms with van der Waals surface area (Å²) in [7, 11) is 3.46. The van der Waals surface area contributed by atoms with E-state index in [4.69, 9.17) is 9.47 Å². The summed E-state index contributed by atoms with van der Waals surface area (Å²) in [5.74, 6) is -0.0321. The number of carbonyl (C=O) groups is 1. The van der Waals surface area contributed by atoms with Gasteiger partial charge in [-0.15, -0.1) is 0 Å². The first kappa shape index (κ1) is 18.9. The van der Waals surface area contributed by atoms with Gasteiger partial charge in [0, 0.05) is 45.4 Å². The molecule has 6 nitrogen and oxygen atoms in total. The smallest absolute Gasteiger partial charge is 0.248 e. The van der Waals surface area contributed by atoms with Crippen molar-refractivity contribution in [2.24, 2.45) is 0 Å². The molecule has 0 spiro atoms. The lowest BCUT2D eigenvalue weighted by molar-refractivity contribution is -0.161. The molecule has 0 saturated carbocycles. The number of carbonyl (C=O) groups excluding carboxylic acids is 1. The summed E-state index contributed by atoms with van der Waals surface area (Å²) in [6, 6.07) is 8.49. The van der Waals surface area contributed by atoms with Gasteiger partial charge in [0.25, 0.3) is 0 Å². The van der Waals surface area contributed by atoms with Gasteiger partial charge in [0.2, 0.25) is 5.91 Å². The minimum atomic E-state index is -0.249. The van der Waals surface area contributed by atoms with Gasteiger partial charge in [-0.05, 0) is 30.9 Å². The first-order chi connectivity index (χ1) is 12.3. The number of aromatic nitrogens is 1. The number of ether oxygens (including phenoxy) is 2. The van der Waals surface area contributed by atoms with Gasteiger partial charge in [0.15, 0.2) is 0 Å². The second-order valence-electron chi connectivity index (χ2n) is 7.83. The van der Waals surface area contributed by atoms with Gasteiger partial charge in [-0.3, -0.25) is 9.69 Å². The largest absolute Gasteiger partial charge is 0.369 e. The quantitative estimate of drug-likeness (QED) is 0.859. The average Bonchev–Trinajstić information content (AvgIpc) is 3.03. The van der Waals surface area contributed by atoms with Crippen molar-refractivity contribution in [3.63, 3.8) is 0 Å². The Morgan fingerprint density at radius 3 is 2.96 bits per heavy atom. The maximum atomic E-state index is 11.7. The summed E-state index contributed by atoms with van der Waals surface area (Å²) in [5, 5.41) is 1.23. The molecule has 1 aliphatic heterocycles. The van der Waals surface area contributed by atoms with Crippen LogP contribution in [0.2, 0.25) is 0 Å². The number of aromatic amines is 1. The SMILES string of the molecule is CN(C)C(=O)COC[C@H]1CN(Cc2cccc3cc[nH]c23)CC(C)(C)O1. The van der Waals surface area contributed by atoms with E-state index < -0.39 is 0 Å². The number of hydrogen-bond acceptors (Lipinski definition) is 4. The molecule has 2 heterocycles. The van der Waals surface area contributed by atoms with Crippen molar-refractivity contribution in [1.29, 1.82) is 0 Å². The lowest BCUT2D eigenvalue weighted by Crippen LogP contribution is -2.53. The third kappa shape index (κ3) is 4.63. The third-order valence-electron chi connectivity index (χ3n) is 4.65. The van der Waals surface area contributed by atoms with E-state index >= 15 is 0 Å². The summed E-state index contributed by atoms with van der Waals surface area (Å²) < 4.78 is 11.8. The fourth-order valence-corrected chi connectivity index (χ4v) is 3.55. The van der Waals surface area contributed by atoms with Crippen LogP contribution in [-0.4, -0.2) is 72.8 Å². The second-order valence-corrected chi connectivity index (χ2v) is 7.83.